The van der Waals surface area contributed by atoms with Gasteiger partial charge in [-0.1, -0.05) is 22.6 Å². The zero-order valence-electron chi connectivity index (χ0n) is 7.45. The predicted molar refractivity (Wildman–Crippen MR) is 54.9 cm³/mol. The van der Waals surface area contributed by atoms with Crippen molar-refractivity contribution in [2.24, 2.45) is 0 Å². The average molecular weight is 179 g/mol. The molecule has 0 radical (unpaired) electrons. The maximum absolute atomic E-state index is 3.78. The van der Waals surface area contributed by atoms with Gasteiger partial charge in [0.25, 0.3) is 0 Å². The molecule has 1 aromatic carbocycles. The summed E-state index contributed by atoms with van der Waals surface area (Å²) >= 11 is 1.75. The van der Waals surface area contributed by atoms with Gasteiger partial charge in [-0.25, -0.2) is 0 Å². The zero-order chi connectivity index (χ0) is 8.97. The Morgan fingerprint density at radius 2 is 2.08 bits per heavy atom. The third-order valence-electron chi connectivity index (χ3n) is 1.50. The van der Waals surface area contributed by atoms with Crippen LogP contribution in [0, 0.1) is 6.54 Å². The van der Waals surface area contributed by atoms with Gasteiger partial charge in [0.15, 0.2) is 0 Å². The van der Waals surface area contributed by atoms with Gasteiger partial charge in [0.1, 0.15) is 7.05 Å². The molecular weight excluding hydrogens is 166 g/mol. The monoisotopic (exact) mass is 179 g/mol. The molecule has 0 aromatic heterocycles. The van der Waals surface area contributed by atoms with Gasteiger partial charge in [0.2, 0.25) is 0 Å². The topological polar surface area (TPSA) is 3.01 Å². The summed E-state index contributed by atoms with van der Waals surface area (Å²) in [4.78, 5) is 1.29. The van der Waals surface area contributed by atoms with Crippen LogP contribution in [0.3, 0.4) is 0 Å². The lowest BCUT2D eigenvalue weighted by Crippen LogP contribution is -1.99. The maximum Gasteiger partial charge on any atom is 0.120 e. The summed E-state index contributed by atoms with van der Waals surface area (Å²) in [6.07, 6.45) is 2.08. The highest BCUT2D eigenvalue weighted by Crippen LogP contribution is 2.20. The van der Waals surface area contributed by atoms with Crippen molar-refractivity contribution in [3.05, 3.63) is 36.4 Å². The Labute approximate surface area is 78.1 Å². The van der Waals surface area contributed by atoms with Crippen molar-refractivity contribution in [3.63, 3.8) is 0 Å². The van der Waals surface area contributed by atoms with Crippen molar-refractivity contribution in [2.45, 2.75) is 4.90 Å². The van der Waals surface area contributed by atoms with E-state index in [1.165, 1.54) is 10.5 Å². The van der Waals surface area contributed by atoms with E-state index in [1.54, 1.807) is 11.8 Å². The number of benzene rings is 1. The van der Waals surface area contributed by atoms with Crippen LogP contribution in [0.4, 0.5) is 0 Å². The molecule has 0 amide bonds. The smallest absolute Gasteiger partial charge is 0.120 e. The fourth-order valence-corrected chi connectivity index (χ4v) is 1.58. The van der Waals surface area contributed by atoms with E-state index in [0.29, 0.717) is 0 Å². The normalized spacial score (nSPS) is 9.50. The minimum Gasteiger partial charge on any atom is -0.293 e. The summed E-state index contributed by atoms with van der Waals surface area (Å²) in [7, 11) is 1.93. The molecule has 0 bridgehead atoms. The van der Waals surface area contributed by atoms with Crippen LogP contribution in [-0.2, 0) is 0 Å². The molecule has 12 heavy (non-hydrogen) atoms. The lowest BCUT2D eigenvalue weighted by molar-refractivity contribution is -0.439. The van der Waals surface area contributed by atoms with Gasteiger partial charge >= 0.3 is 0 Å². The van der Waals surface area contributed by atoms with Gasteiger partial charge in [-0.2, -0.15) is 11.8 Å². The van der Waals surface area contributed by atoms with Crippen LogP contribution in [0.15, 0.2) is 29.2 Å². The first kappa shape index (κ1) is 9.20. The molecule has 0 saturated carbocycles. The molecule has 0 heterocycles. The minimum atomic E-state index is 1.22. The summed E-state index contributed by atoms with van der Waals surface area (Å²) in [6, 6.07) is 8.29. The maximum atomic E-state index is 3.78. The van der Waals surface area contributed by atoms with Crippen LogP contribution >= 0.6 is 11.8 Å². The highest BCUT2D eigenvalue weighted by Gasteiger charge is 1.95. The average Bonchev–Trinajstić information content (AvgIpc) is 2.04. The minimum absolute atomic E-state index is 1.22. The molecule has 0 spiro atoms. The zero-order valence-corrected chi connectivity index (χ0v) is 8.27. The first-order valence-corrected chi connectivity index (χ1v) is 4.97. The summed E-state index contributed by atoms with van der Waals surface area (Å²) in [5, 5.41) is 0. The van der Waals surface area contributed by atoms with Crippen molar-refractivity contribution in [3.8, 4) is 0 Å². The van der Waals surface area contributed by atoms with Gasteiger partial charge in [-0.05, 0) is 6.26 Å². The van der Waals surface area contributed by atoms with Crippen molar-refractivity contribution in [1.29, 1.82) is 0 Å². The molecule has 0 atom stereocenters. The lowest BCUT2D eigenvalue weighted by Gasteiger charge is -2.09. The molecule has 0 fully saturated rings. The van der Waals surface area contributed by atoms with E-state index in [2.05, 4.69) is 25.1 Å². The van der Waals surface area contributed by atoms with Gasteiger partial charge in [-0.3, -0.25) is 4.58 Å². The van der Waals surface area contributed by atoms with E-state index in [0.717, 1.165) is 0 Å². The molecule has 1 rings (SSSR count). The summed E-state index contributed by atoms with van der Waals surface area (Å²) in [6.45, 7) is 5.80. The third-order valence-corrected chi connectivity index (χ3v) is 2.31. The standard InChI is InChI=1S/C10H13NS/c1-11(2)8-9-6-4-5-7-10(9)12-3/h4-8H,1H2,2-3H3. The van der Waals surface area contributed by atoms with Gasteiger partial charge in [0, 0.05) is 0 Å². The van der Waals surface area contributed by atoms with Crippen LogP contribution in [0.1, 0.15) is 5.56 Å². The Morgan fingerprint density at radius 3 is 2.67 bits per heavy atom. The second-order valence-corrected chi connectivity index (χ2v) is 3.48. The molecule has 0 aliphatic carbocycles. The van der Waals surface area contributed by atoms with Crippen molar-refractivity contribution in [2.75, 3.05) is 13.3 Å². The molecule has 0 unspecified atom stereocenters. The summed E-state index contributed by atoms with van der Waals surface area (Å²) < 4.78 is 1.81. The largest absolute Gasteiger partial charge is 0.293 e. The molecule has 1 aromatic rings. The number of hydrogen-bond donors (Lipinski definition) is 0. The van der Waals surface area contributed by atoms with E-state index in [-0.39, 0.29) is 0 Å². The first-order valence-electron chi connectivity index (χ1n) is 3.75. The van der Waals surface area contributed by atoms with E-state index in [1.807, 2.05) is 30.3 Å². The Morgan fingerprint density at radius 1 is 1.42 bits per heavy atom. The molecule has 1 nitrogen and oxygen atoms in total. The van der Waals surface area contributed by atoms with E-state index >= 15 is 0 Å². The molecular formula is C10H13NS. The number of thioether (sulfide) groups is 1. The van der Waals surface area contributed by atoms with Crippen LogP contribution in [-0.4, -0.2) is 24.6 Å². The fraction of sp³-hybridized carbons (Fsp3) is 0.200. The Balaban J connectivity index is 2.89. The van der Waals surface area contributed by atoms with Crippen molar-refractivity contribution >= 4 is 18.5 Å². The molecule has 0 saturated heterocycles. The van der Waals surface area contributed by atoms with E-state index < -0.39 is 0 Å². The molecule has 0 aliphatic rings. The quantitative estimate of drug-likeness (QED) is 0.298. The van der Waals surface area contributed by atoms with Crippen LogP contribution in [0.5, 0.6) is 0 Å². The second kappa shape index (κ2) is 4.21. The van der Waals surface area contributed by atoms with Gasteiger partial charge < -0.3 is 0 Å². The second-order valence-electron chi connectivity index (χ2n) is 2.63. The van der Waals surface area contributed by atoms with Crippen molar-refractivity contribution in [1.82, 2.24) is 0 Å². The number of hydrogen-bond acceptors (Lipinski definition) is 1. The molecule has 0 aliphatic heterocycles. The molecule has 64 valence electrons. The first-order chi connectivity index (χ1) is 5.74. The predicted octanol–water partition coefficient (Wildman–Crippen LogP) is 2.26. The molecule has 2 heteroatoms. The van der Waals surface area contributed by atoms with Gasteiger partial charge in [-0.15, -0.1) is 12.1 Å². The molecule has 0 N–H and O–H groups in total. The Kier molecular flexibility index (Phi) is 3.23. The van der Waals surface area contributed by atoms with Crippen LogP contribution in [0.2, 0.25) is 0 Å². The van der Waals surface area contributed by atoms with Crippen molar-refractivity contribution < 1.29 is 4.58 Å². The SMILES string of the molecule is C=[N+](C)[CH-]c1ccccc1SC. The number of rotatable bonds is 3. The number of nitrogens with zero attached hydrogens (tertiary/aromatic N) is 1. The summed E-state index contributed by atoms with van der Waals surface area (Å²) in [5.74, 6) is 0. The highest BCUT2D eigenvalue weighted by atomic mass is 32.2. The lowest BCUT2D eigenvalue weighted by atomic mass is 10.2. The Hall–Kier alpha value is -0.890. The van der Waals surface area contributed by atoms with Gasteiger partial charge in [0.05, 0.1) is 13.3 Å². The highest BCUT2D eigenvalue weighted by molar-refractivity contribution is 7.98. The van der Waals surface area contributed by atoms with Crippen LogP contribution in [0.25, 0.3) is 0 Å². The fourth-order valence-electron chi connectivity index (χ4n) is 1.01. The Bertz CT molecular complexity index is 281. The summed E-state index contributed by atoms with van der Waals surface area (Å²) in [5.41, 5.74) is 1.22. The van der Waals surface area contributed by atoms with Crippen LogP contribution < -0.4 is 0 Å². The van der Waals surface area contributed by atoms with E-state index in [4.69, 9.17) is 0 Å². The van der Waals surface area contributed by atoms with E-state index in [9.17, 15) is 0 Å². The third kappa shape index (κ3) is 2.31.